The summed E-state index contributed by atoms with van der Waals surface area (Å²) in [5, 5.41) is 0. The van der Waals surface area contributed by atoms with Crippen LogP contribution in [0.5, 0.6) is 0 Å². The zero-order valence-corrected chi connectivity index (χ0v) is 16.1. The van der Waals surface area contributed by atoms with Gasteiger partial charge < -0.3 is 4.74 Å². The lowest BCUT2D eigenvalue weighted by atomic mass is 9.86. The molecule has 0 aliphatic carbocycles. The van der Waals surface area contributed by atoms with E-state index in [2.05, 4.69) is 104 Å². The molecule has 3 aromatic carbocycles. The second-order valence-electron chi connectivity index (χ2n) is 8.04. The number of ether oxygens (including phenoxy) is 1. The average Bonchev–Trinajstić information content (AvgIpc) is 3.18. The van der Waals surface area contributed by atoms with Crippen LogP contribution in [0.2, 0.25) is 0 Å². The molecule has 0 saturated carbocycles. The number of hydrazine groups is 1. The van der Waals surface area contributed by atoms with E-state index < -0.39 is 0 Å². The molecule has 27 heavy (non-hydrogen) atoms. The lowest BCUT2D eigenvalue weighted by Crippen LogP contribution is -2.26. The number of benzene rings is 3. The second kappa shape index (κ2) is 7.28. The number of hydrogen-bond donors (Lipinski definition) is 2. The van der Waals surface area contributed by atoms with E-state index in [1.807, 2.05) is 6.07 Å². The summed E-state index contributed by atoms with van der Waals surface area (Å²) in [6.07, 6.45) is -0.320. The van der Waals surface area contributed by atoms with Crippen molar-refractivity contribution in [2.75, 3.05) is 0 Å². The molecule has 0 amide bonds. The summed E-state index contributed by atoms with van der Waals surface area (Å²) in [6.45, 7) is 6.68. The molecule has 1 heterocycles. The first-order chi connectivity index (χ1) is 13.0. The minimum absolute atomic E-state index is 0.155. The molecule has 1 aliphatic rings. The largest absolute Gasteiger partial charge is 0.334 e. The topological polar surface area (TPSA) is 33.3 Å². The summed E-state index contributed by atoms with van der Waals surface area (Å²) >= 11 is 0. The molecule has 2 N–H and O–H groups in total. The van der Waals surface area contributed by atoms with Gasteiger partial charge in [0.2, 0.25) is 0 Å². The summed E-state index contributed by atoms with van der Waals surface area (Å²) in [5.41, 5.74) is 12.6. The maximum absolute atomic E-state index is 6.18. The van der Waals surface area contributed by atoms with Crippen LogP contribution in [0, 0.1) is 0 Å². The lowest BCUT2D eigenvalue weighted by Gasteiger charge is -2.20. The Morgan fingerprint density at radius 3 is 1.63 bits per heavy atom. The van der Waals surface area contributed by atoms with Gasteiger partial charge in [-0.15, -0.1) is 0 Å². The van der Waals surface area contributed by atoms with Gasteiger partial charge in [-0.25, -0.2) is 10.9 Å². The Bertz CT molecular complexity index is 880. The maximum atomic E-state index is 6.18. The van der Waals surface area contributed by atoms with E-state index in [1.165, 1.54) is 16.7 Å². The van der Waals surface area contributed by atoms with E-state index in [-0.39, 0.29) is 17.9 Å². The molecule has 0 unspecified atom stereocenters. The Balaban J connectivity index is 1.45. The summed E-state index contributed by atoms with van der Waals surface area (Å²) in [5.74, 6) is 0. The minimum Gasteiger partial charge on any atom is -0.334 e. The predicted molar refractivity (Wildman–Crippen MR) is 110 cm³/mol. The van der Waals surface area contributed by atoms with Crippen LogP contribution in [0.4, 0.5) is 0 Å². The third kappa shape index (κ3) is 3.96. The standard InChI is InChI=1S/C24H26N2O/c1-24(2,3)21-15-13-20(14-16-21)23-26-25-22(27-23)19-11-9-18(10-12-19)17-7-5-4-6-8-17/h4-16,22-23,25-26H,1-3H3/t22-,23+/m0/s1. The van der Waals surface area contributed by atoms with E-state index in [4.69, 9.17) is 4.74 Å². The molecule has 3 heteroatoms. The lowest BCUT2D eigenvalue weighted by molar-refractivity contribution is 0.0341. The first-order valence-corrected chi connectivity index (χ1v) is 9.43. The van der Waals surface area contributed by atoms with Crippen LogP contribution >= 0.6 is 0 Å². The predicted octanol–water partition coefficient (Wildman–Crippen LogP) is 5.47. The average molecular weight is 358 g/mol. The minimum atomic E-state index is -0.165. The summed E-state index contributed by atoms with van der Waals surface area (Å²) in [4.78, 5) is 0. The SMILES string of the molecule is CC(C)(C)c1ccc([C@@H]2NN[C@H](c3ccc(-c4ccccc4)cc3)O2)cc1. The van der Waals surface area contributed by atoms with Gasteiger partial charge in [-0.05, 0) is 33.2 Å². The normalized spacial score (nSPS) is 20.0. The monoisotopic (exact) mass is 358 g/mol. The molecule has 0 spiro atoms. The number of hydrogen-bond acceptors (Lipinski definition) is 3. The molecule has 1 fully saturated rings. The van der Waals surface area contributed by atoms with Crippen molar-refractivity contribution in [2.24, 2.45) is 0 Å². The Kier molecular flexibility index (Phi) is 4.83. The highest BCUT2D eigenvalue weighted by Crippen LogP contribution is 2.30. The molecule has 3 aromatic rings. The van der Waals surface area contributed by atoms with E-state index >= 15 is 0 Å². The van der Waals surface area contributed by atoms with Crippen molar-refractivity contribution < 1.29 is 4.74 Å². The van der Waals surface area contributed by atoms with E-state index in [9.17, 15) is 0 Å². The highest BCUT2D eigenvalue weighted by molar-refractivity contribution is 5.63. The van der Waals surface area contributed by atoms with Crippen molar-refractivity contribution in [1.29, 1.82) is 0 Å². The molecule has 0 aromatic heterocycles. The summed E-state index contributed by atoms with van der Waals surface area (Å²) in [7, 11) is 0. The molecule has 2 atom stereocenters. The Hall–Kier alpha value is -2.46. The van der Waals surface area contributed by atoms with E-state index in [1.54, 1.807) is 0 Å². The molecule has 3 nitrogen and oxygen atoms in total. The zero-order valence-electron chi connectivity index (χ0n) is 16.1. The summed E-state index contributed by atoms with van der Waals surface area (Å²) < 4.78 is 6.18. The smallest absolute Gasteiger partial charge is 0.149 e. The number of nitrogens with one attached hydrogen (secondary N) is 2. The van der Waals surface area contributed by atoms with Crippen molar-refractivity contribution in [3.63, 3.8) is 0 Å². The molecule has 138 valence electrons. The molecule has 4 rings (SSSR count). The van der Waals surface area contributed by atoms with E-state index in [0.29, 0.717) is 0 Å². The van der Waals surface area contributed by atoms with Crippen LogP contribution in [0.15, 0.2) is 78.9 Å². The molecular weight excluding hydrogens is 332 g/mol. The van der Waals surface area contributed by atoms with Crippen molar-refractivity contribution in [1.82, 2.24) is 10.9 Å². The Labute approximate surface area is 161 Å². The van der Waals surface area contributed by atoms with Crippen LogP contribution in [0.3, 0.4) is 0 Å². The van der Waals surface area contributed by atoms with Crippen LogP contribution in [0.25, 0.3) is 11.1 Å². The fraction of sp³-hybridized carbons (Fsp3) is 0.250. The van der Waals surface area contributed by atoms with Gasteiger partial charge in [0.05, 0.1) is 0 Å². The van der Waals surface area contributed by atoms with Crippen molar-refractivity contribution >= 4 is 0 Å². The first-order valence-electron chi connectivity index (χ1n) is 9.43. The second-order valence-corrected chi connectivity index (χ2v) is 8.04. The van der Waals surface area contributed by atoms with Crippen LogP contribution in [-0.4, -0.2) is 0 Å². The van der Waals surface area contributed by atoms with Crippen molar-refractivity contribution in [2.45, 2.75) is 38.6 Å². The van der Waals surface area contributed by atoms with Crippen LogP contribution < -0.4 is 10.9 Å². The van der Waals surface area contributed by atoms with Crippen molar-refractivity contribution in [3.05, 3.63) is 95.6 Å². The third-order valence-corrected chi connectivity index (χ3v) is 5.02. The highest BCUT2D eigenvalue weighted by Gasteiger charge is 2.27. The first kappa shape index (κ1) is 17.9. The molecular formula is C24H26N2O. The maximum Gasteiger partial charge on any atom is 0.149 e. The Morgan fingerprint density at radius 1 is 0.630 bits per heavy atom. The quantitative estimate of drug-likeness (QED) is 0.651. The van der Waals surface area contributed by atoms with Gasteiger partial charge >= 0.3 is 0 Å². The van der Waals surface area contributed by atoms with Gasteiger partial charge in [0, 0.05) is 0 Å². The van der Waals surface area contributed by atoms with Gasteiger partial charge in [0.1, 0.15) is 12.5 Å². The van der Waals surface area contributed by atoms with Gasteiger partial charge in [-0.3, -0.25) is 0 Å². The fourth-order valence-electron chi connectivity index (χ4n) is 3.32. The molecule has 0 bridgehead atoms. The zero-order chi connectivity index (χ0) is 18.9. The fourth-order valence-corrected chi connectivity index (χ4v) is 3.32. The summed E-state index contributed by atoms with van der Waals surface area (Å²) in [6, 6.07) is 27.6. The Morgan fingerprint density at radius 2 is 1.11 bits per heavy atom. The van der Waals surface area contributed by atoms with E-state index in [0.717, 1.165) is 11.1 Å². The van der Waals surface area contributed by atoms with Gasteiger partial charge in [0.15, 0.2) is 0 Å². The molecule has 1 aliphatic heterocycles. The van der Waals surface area contributed by atoms with Crippen molar-refractivity contribution in [3.8, 4) is 11.1 Å². The van der Waals surface area contributed by atoms with Crippen LogP contribution in [-0.2, 0) is 10.2 Å². The number of rotatable bonds is 3. The van der Waals surface area contributed by atoms with Gasteiger partial charge in [-0.1, -0.05) is 99.6 Å². The molecule has 1 saturated heterocycles. The van der Waals surface area contributed by atoms with Crippen LogP contribution in [0.1, 0.15) is 49.9 Å². The molecule has 0 radical (unpaired) electrons. The highest BCUT2D eigenvalue weighted by atomic mass is 16.5. The third-order valence-electron chi connectivity index (χ3n) is 5.02. The van der Waals surface area contributed by atoms with Gasteiger partial charge in [0.25, 0.3) is 0 Å². The van der Waals surface area contributed by atoms with Gasteiger partial charge in [-0.2, -0.15) is 0 Å².